The summed E-state index contributed by atoms with van der Waals surface area (Å²) in [5.41, 5.74) is 2.29. The number of hydrogen-bond acceptors (Lipinski definition) is 4. The molecule has 0 spiro atoms. The van der Waals surface area contributed by atoms with Crippen LogP contribution >= 0.6 is 22.9 Å². The van der Waals surface area contributed by atoms with Gasteiger partial charge in [0.1, 0.15) is 11.0 Å². The van der Waals surface area contributed by atoms with Crippen molar-refractivity contribution in [3.8, 4) is 11.3 Å². The predicted octanol–water partition coefficient (Wildman–Crippen LogP) is 4.18. The number of halogens is 2. The van der Waals surface area contributed by atoms with Crippen molar-refractivity contribution < 1.29 is 9.18 Å². The first-order chi connectivity index (χ1) is 11.1. The van der Waals surface area contributed by atoms with E-state index >= 15 is 0 Å². The summed E-state index contributed by atoms with van der Waals surface area (Å²) in [6.07, 6.45) is 1.76. The number of benzene rings is 1. The molecule has 0 saturated carbocycles. The Bertz CT molecular complexity index is 835. The van der Waals surface area contributed by atoms with E-state index in [1.54, 1.807) is 30.5 Å². The molecule has 23 heavy (non-hydrogen) atoms. The summed E-state index contributed by atoms with van der Waals surface area (Å²) in [5.74, 6) is -0.528. The molecule has 0 radical (unpaired) electrons. The molecule has 0 unspecified atom stereocenters. The lowest BCUT2D eigenvalue weighted by Gasteiger charge is -2.02. The predicted molar refractivity (Wildman–Crippen MR) is 89.1 cm³/mol. The number of amides is 1. The number of pyridine rings is 1. The minimum absolute atomic E-state index is 0.163. The lowest BCUT2D eigenvalue weighted by atomic mass is 10.1. The Morgan fingerprint density at radius 2 is 2.04 bits per heavy atom. The maximum absolute atomic E-state index is 12.8. The van der Waals surface area contributed by atoms with Crippen molar-refractivity contribution >= 4 is 34.0 Å². The summed E-state index contributed by atoms with van der Waals surface area (Å²) >= 11 is 7.18. The van der Waals surface area contributed by atoms with Gasteiger partial charge in [0, 0.05) is 17.1 Å². The number of carbonyl (C=O) groups excluding carboxylic acids is 1. The Hall–Kier alpha value is -2.31. The van der Waals surface area contributed by atoms with Gasteiger partial charge in [-0.05, 0) is 29.8 Å². The van der Waals surface area contributed by atoms with Gasteiger partial charge in [-0.3, -0.25) is 4.79 Å². The second-order valence-electron chi connectivity index (χ2n) is 4.76. The van der Waals surface area contributed by atoms with E-state index in [1.807, 2.05) is 5.38 Å². The van der Waals surface area contributed by atoms with Crippen LogP contribution in [-0.4, -0.2) is 15.9 Å². The van der Waals surface area contributed by atoms with Crippen molar-refractivity contribution in [3.05, 3.63) is 64.5 Å². The molecule has 0 saturated heterocycles. The number of anilines is 1. The quantitative estimate of drug-likeness (QED) is 0.720. The van der Waals surface area contributed by atoms with Crippen LogP contribution in [0.25, 0.3) is 11.3 Å². The van der Waals surface area contributed by atoms with Crippen LogP contribution in [0.5, 0.6) is 0 Å². The molecule has 1 N–H and O–H groups in total. The standard InChI is InChI=1S/C16H11ClFN3OS/c17-14-8-11(5-6-19-14)13-9-23-16(20-13)21-15(22)7-10-1-3-12(18)4-2-10/h1-6,8-9H,7H2,(H,20,21,22). The molecule has 1 aromatic carbocycles. The van der Waals surface area contributed by atoms with E-state index in [2.05, 4.69) is 15.3 Å². The van der Waals surface area contributed by atoms with Crippen LogP contribution in [-0.2, 0) is 11.2 Å². The van der Waals surface area contributed by atoms with E-state index in [4.69, 9.17) is 11.6 Å². The third kappa shape index (κ3) is 4.12. The molecular formula is C16H11ClFN3OS. The van der Waals surface area contributed by atoms with E-state index in [1.165, 1.54) is 23.5 Å². The summed E-state index contributed by atoms with van der Waals surface area (Å²) in [5, 5.41) is 5.45. The van der Waals surface area contributed by atoms with E-state index in [9.17, 15) is 9.18 Å². The summed E-state index contributed by atoms with van der Waals surface area (Å²) in [6.45, 7) is 0. The number of carbonyl (C=O) groups is 1. The van der Waals surface area contributed by atoms with Crippen molar-refractivity contribution in [1.82, 2.24) is 9.97 Å². The van der Waals surface area contributed by atoms with Gasteiger partial charge in [0.25, 0.3) is 0 Å². The zero-order valence-corrected chi connectivity index (χ0v) is 13.4. The van der Waals surface area contributed by atoms with Gasteiger partial charge in [-0.1, -0.05) is 23.7 Å². The largest absolute Gasteiger partial charge is 0.302 e. The first-order valence-electron chi connectivity index (χ1n) is 6.72. The molecule has 0 fully saturated rings. The Labute approximate surface area is 141 Å². The summed E-state index contributed by atoms with van der Waals surface area (Å²) in [7, 11) is 0. The minimum atomic E-state index is -0.324. The molecule has 0 aliphatic carbocycles. The zero-order chi connectivity index (χ0) is 16.2. The molecule has 4 nitrogen and oxygen atoms in total. The maximum atomic E-state index is 12.8. The van der Waals surface area contributed by atoms with Crippen LogP contribution in [0, 0.1) is 5.82 Å². The smallest absolute Gasteiger partial charge is 0.230 e. The molecular weight excluding hydrogens is 337 g/mol. The summed E-state index contributed by atoms with van der Waals surface area (Å²) < 4.78 is 12.8. The Morgan fingerprint density at radius 1 is 1.26 bits per heavy atom. The first-order valence-corrected chi connectivity index (χ1v) is 7.98. The number of aromatic nitrogens is 2. The Balaban J connectivity index is 1.66. The van der Waals surface area contributed by atoms with E-state index in [-0.39, 0.29) is 18.1 Å². The van der Waals surface area contributed by atoms with Crippen LogP contribution in [0.4, 0.5) is 9.52 Å². The second kappa shape index (κ2) is 6.85. The summed E-state index contributed by atoms with van der Waals surface area (Å²) in [4.78, 5) is 20.3. The molecule has 2 heterocycles. The van der Waals surface area contributed by atoms with Crippen LogP contribution in [0.3, 0.4) is 0 Å². The molecule has 3 rings (SSSR count). The fourth-order valence-corrected chi connectivity index (χ4v) is 2.89. The Morgan fingerprint density at radius 3 is 2.78 bits per heavy atom. The average molecular weight is 348 g/mol. The molecule has 0 bridgehead atoms. The van der Waals surface area contributed by atoms with Gasteiger partial charge in [0.15, 0.2) is 5.13 Å². The van der Waals surface area contributed by atoms with Crippen molar-refractivity contribution in [3.63, 3.8) is 0 Å². The van der Waals surface area contributed by atoms with Crippen LogP contribution in [0.1, 0.15) is 5.56 Å². The lowest BCUT2D eigenvalue weighted by Crippen LogP contribution is -2.14. The van der Waals surface area contributed by atoms with Crippen molar-refractivity contribution in [2.24, 2.45) is 0 Å². The molecule has 0 atom stereocenters. The topological polar surface area (TPSA) is 54.9 Å². The highest BCUT2D eigenvalue weighted by Crippen LogP contribution is 2.26. The fraction of sp³-hybridized carbons (Fsp3) is 0.0625. The average Bonchev–Trinajstić information content (AvgIpc) is 2.98. The number of nitrogens with zero attached hydrogens (tertiary/aromatic N) is 2. The van der Waals surface area contributed by atoms with E-state index in [0.717, 1.165) is 16.8 Å². The lowest BCUT2D eigenvalue weighted by molar-refractivity contribution is -0.115. The van der Waals surface area contributed by atoms with Gasteiger partial charge in [-0.15, -0.1) is 11.3 Å². The highest BCUT2D eigenvalue weighted by Gasteiger charge is 2.09. The van der Waals surface area contributed by atoms with Gasteiger partial charge >= 0.3 is 0 Å². The van der Waals surface area contributed by atoms with Gasteiger partial charge in [0.05, 0.1) is 12.1 Å². The fourth-order valence-electron chi connectivity index (χ4n) is 1.98. The second-order valence-corrected chi connectivity index (χ2v) is 6.00. The van der Waals surface area contributed by atoms with Crippen LogP contribution in [0.2, 0.25) is 5.15 Å². The highest BCUT2D eigenvalue weighted by molar-refractivity contribution is 7.14. The molecule has 116 valence electrons. The molecule has 1 amide bonds. The molecule has 2 aromatic heterocycles. The number of thiazole rings is 1. The minimum Gasteiger partial charge on any atom is -0.302 e. The third-order valence-corrected chi connectivity index (χ3v) is 4.02. The van der Waals surface area contributed by atoms with Gasteiger partial charge < -0.3 is 5.32 Å². The Kier molecular flexibility index (Phi) is 4.64. The van der Waals surface area contributed by atoms with E-state index < -0.39 is 0 Å². The first kappa shape index (κ1) is 15.6. The number of hydrogen-bond donors (Lipinski definition) is 1. The van der Waals surface area contributed by atoms with E-state index in [0.29, 0.717) is 10.3 Å². The zero-order valence-electron chi connectivity index (χ0n) is 11.8. The third-order valence-electron chi connectivity index (χ3n) is 3.05. The summed E-state index contributed by atoms with van der Waals surface area (Å²) in [6, 6.07) is 9.34. The van der Waals surface area contributed by atoms with Crippen LogP contribution in [0.15, 0.2) is 48.0 Å². The highest BCUT2D eigenvalue weighted by atomic mass is 35.5. The van der Waals surface area contributed by atoms with Crippen molar-refractivity contribution in [1.29, 1.82) is 0 Å². The monoisotopic (exact) mass is 347 g/mol. The van der Waals surface area contributed by atoms with Gasteiger partial charge in [-0.25, -0.2) is 14.4 Å². The maximum Gasteiger partial charge on any atom is 0.230 e. The van der Waals surface area contributed by atoms with Gasteiger partial charge in [0.2, 0.25) is 5.91 Å². The molecule has 7 heteroatoms. The normalized spacial score (nSPS) is 10.5. The molecule has 3 aromatic rings. The molecule has 0 aliphatic heterocycles. The molecule has 0 aliphatic rings. The van der Waals surface area contributed by atoms with Crippen molar-refractivity contribution in [2.45, 2.75) is 6.42 Å². The number of rotatable bonds is 4. The van der Waals surface area contributed by atoms with Gasteiger partial charge in [-0.2, -0.15) is 0 Å². The van der Waals surface area contributed by atoms with Crippen molar-refractivity contribution in [2.75, 3.05) is 5.32 Å². The number of nitrogens with one attached hydrogen (secondary N) is 1. The SMILES string of the molecule is O=C(Cc1ccc(F)cc1)Nc1nc(-c2ccnc(Cl)c2)cs1. The van der Waals surface area contributed by atoms with Crippen LogP contribution < -0.4 is 5.32 Å².